The quantitative estimate of drug-likeness (QED) is 0.661. The molecule has 0 aliphatic heterocycles. The minimum absolute atomic E-state index is 0.201. The molecular formula is C8H10O5S. The highest BCUT2D eigenvalue weighted by Crippen LogP contribution is 2.19. The molecule has 0 amide bonds. The van der Waals surface area contributed by atoms with Crippen LogP contribution in [0.25, 0.3) is 0 Å². The van der Waals surface area contributed by atoms with Gasteiger partial charge in [-0.2, -0.15) is 0 Å². The number of hydrogen-bond donors (Lipinski definition) is 2. The topological polar surface area (TPSA) is 91.7 Å². The number of rotatable bonds is 5. The van der Waals surface area contributed by atoms with E-state index in [0.29, 0.717) is 11.8 Å². The first-order valence-electron chi connectivity index (χ1n) is 3.65. The monoisotopic (exact) mass is 218 g/mol. The third-order valence-corrected chi connectivity index (χ3v) is 2.45. The van der Waals surface area contributed by atoms with Crippen molar-refractivity contribution in [1.29, 1.82) is 0 Å². The van der Waals surface area contributed by atoms with Crippen LogP contribution in [-0.2, 0) is 14.4 Å². The molecule has 0 rings (SSSR count). The van der Waals surface area contributed by atoms with E-state index in [1.165, 1.54) is 6.92 Å². The molecule has 0 heterocycles. The maximum absolute atomic E-state index is 11.0. The molecule has 0 saturated heterocycles. The van der Waals surface area contributed by atoms with E-state index in [9.17, 15) is 14.4 Å². The molecular weight excluding hydrogens is 208 g/mol. The molecule has 0 fully saturated rings. The molecule has 0 aromatic heterocycles. The Morgan fingerprint density at radius 2 is 1.86 bits per heavy atom. The predicted octanol–water partition coefficient (Wildman–Crippen LogP) is 0.750. The Bertz CT molecular complexity index is 283. The van der Waals surface area contributed by atoms with E-state index in [1.807, 2.05) is 0 Å². The first-order chi connectivity index (χ1) is 6.34. The van der Waals surface area contributed by atoms with Crippen molar-refractivity contribution in [3.8, 4) is 0 Å². The van der Waals surface area contributed by atoms with Gasteiger partial charge in [0.2, 0.25) is 5.12 Å². The van der Waals surface area contributed by atoms with Crippen LogP contribution in [0.15, 0.2) is 12.2 Å². The minimum Gasteiger partial charge on any atom is -0.481 e. The zero-order valence-corrected chi connectivity index (χ0v) is 8.34. The zero-order valence-electron chi connectivity index (χ0n) is 7.52. The highest BCUT2D eigenvalue weighted by atomic mass is 32.2. The van der Waals surface area contributed by atoms with Gasteiger partial charge in [-0.15, -0.1) is 0 Å². The standard InChI is InChI=1S/C8H10O5S/c1-4(2)8(13)14-5(7(11)12)3-6(9)10/h5H,1,3H2,2H3,(H,9,10)(H,11,12). The van der Waals surface area contributed by atoms with Crippen LogP contribution >= 0.6 is 11.8 Å². The Balaban J connectivity index is 4.38. The summed E-state index contributed by atoms with van der Waals surface area (Å²) < 4.78 is 0. The maximum Gasteiger partial charge on any atom is 0.317 e. The molecule has 0 aliphatic carbocycles. The van der Waals surface area contributed by atoms with Gasteiger partial charge in [-0.05, 0) is 12.5 Å². The summed E-state index contributed by atoms with van der Waals surface area (Å²) in [5, 5.41) is 15.2. The van der Waals surface area contributed by atoms with Crippen molar-refractivity contribution in [2.75, 3.05) is 0 Å². The van der Waals surface area contributed by atoms with Gasteiger partial charge in [-0.25, -0.2) is 0 Å². The molecule has 2 N–H and O–H groups in total. The van der Waals surface area contributed by atoms with Crippen molar-refractivity contribution in [3.63, 3.8) is 0 Å². The van der Waals surface area contributed by atoms with Gasteiger partial charge in [0.15, 0.2) is 0 Å². The average molecular weight is 218 g/mol. The van der Waals surface area contributed by atoms with Gasteiger partial charge in [0.05, 0.1) is 6.42 Å². The summed E-state index contributed by atoms with van der Waals surface area (Å²) in [4.78, 5) is 31.8. The molecule has 0 aliphatic rings. The van der Waals surface area contributed by atoms with Gasteiger partial charge in [-0.1, -0.05) is 18.3 Å². The SMILES string of the molecule is C=C(C)C(=O)SC(CC(=O)O)C(=O)O. The predicted molar refractivity (Wildman–Crippen MR) is 51.1 cm³/mol. The van der Waals surface area contributed by atoms with Crippen LogP contribution in [0.5, 0.6) is 0 Å². The van der Waals surface area contributed by atoms with Crippen molar-refractivity contribution >= 4 is 28.8 Å². The van der Waals surface area contributed by atoms with Gasteiger partial charge >= 0.3 is 11.9 Å². The molecule has 0 aromatic rings. The molecule has 14 heavy (non-hydrogen) atoms. The van der Waals surface area contributed by atoms with E-state index >= 15 is 0 Å². The lowest BCUT2D eigenvalue weighted by atomic mass is 10.3. The average Bonchev–Trinajstić information content (AvgIpc) is 2.01. The third-order valence-electron chi connectivity index (χ3n) is 1.23. The molecule has 78 valence electrons. The van der Waals surface area contributed by atoms with Crippen LogP contribution in [0.4, 0.5) is 0 Å². The second kappa shape index (κ2) is 5.43. The Kier molecular flexibility index (Phi) is 4.93. The van der Waals surface area contributed by atoms with Gasteiger partial charge in [-0.3, -0.25) is 14.4 Å². The number of thioether (sulfide) groups is 1. The van der Waals surface area contributed by atoms with Crippen molar-refractivity contribution in [2.45, 2.75) is 18.6 Å². The Hall–Kier alpha value is -1.30. The van der Waals surface area contributed by atoms with E-state index in [1.54, 1.807) is 0 Å². The maximum atomic E-state index is 11.0. The number of carbonyl (C=O) groups is 3. The molecule has 0 aromatic carbocycles. The van der Waals surface area contributed by atoms with E-state index in [4.69, 9.17) is 10.2 Å². The largest absolute Gasteiger partial charge is 0.481 e. The second-order valence-electron chi connectivity index (χ2n) is 2.61. The normalized spacial score (nSPS) is 11.8. The Labute approximate surface area is 84.8 Å². The molecule has 0 radical (unpaired) electrons. The molecule has 1 atom stereocenters. The molecule has 0 bridgehead atoms. The van der Waals surface area contributed by atoms with Crippen LogP contribution < -0.4 is 0 Å². The summed E-state index contributed by atoms with van der Waals surface area (Å²) in [5.41, 5.74) is 0.201. The molecule has 6 heteroatoms. The van der Waals surface area contributed by atoms with Crippen molar-refractivity contribution in [3.05, 3.63) is 12.2 Å². The first-order valence-corrected chi connectivity index (χ1v) is 4.53. The van der Waals surface area contributed by atoms with Crippen LogP contribution in [0, 0.1) is 0 Å². The fourth-order valence-corrected chi connectivity index (χ4v) is 1.35. The Morgan fingerprint density at radius 3 is 2.14 bits per heavy atom. The zero-order chi connectivity index (χ0) is 11.3. The fourth-order valence-electron chi connectivity index (χ4n) is 0.568. The lowest BCUT2D eigenvalue weighted by molar-refractivity contribution is -0.143. The highest BCUT2D eigenvalue weighted by Gasteiger charge is 2.24. The number of carbonyl (C=O) groups excluding carboxylic acids is 1. The fraction of sp³-hybridized carbons (Fsp3) is 0.375. The minimum atomic E-state index is -1.31. The van der Waals surface area contributed by atoms with Crippen LogP contribution in [0.3, 0.4) is 0 Å². The molecule has 5 nitrogen and oxygen atoms in total. The Morgan fingerprint density at radius 1 is 1.36 bits per heavy atom. The van der Waals surface area contributed by atoms with Crippen LogP contribution in [-0.4, -0.2) is 32.5 Å². The third kappa shape index (κ3) is 4.66. The van der Waals surface area contributed by atoms with Gasteiger partial charge < -0.3 is 10.2 Å². The van der Waals surface area contributed by atoms with E-state index in [0.717, 1.165) is 0 Å². The lowest BCUT2D eigenvalue weighted by Gasteiger charge is -2.07. The number of hydrogen-bond acceptors (Lipinski definition) is 4. The van der Waals surface area contributed by atoms with Gasteiger partial charge in [0.1, 0.15) is 5.25 Å². The smallest absolute Gasteiger partial charge is 0.317 e. The summed E-state index contributed by atoms with van der Waals surface area (Å²) >= 11 is 0.470. The van der Waals surface area contributed by atoms with Crippen molar-refractivity contribution in [2.24, 2.45) is 0 Å². The van der Waals surface area contributed by atoms with Gasteiger partial charge in [0.25, 0.3) is 0 Å². The van der Waals surface area contributed by atoms with E-state index in [-0.39, 0.29) is 5.57 Å². The van der Waals surface area contributed by atoms with E-state index < -0.39 is 28.7 Å². The van der Waals surface area contributed by atoms with Gasteiger partial charge in [0, 0.05) is 0 Å². The summed E-state index contributed by atoms with van der Waals surface area (Å²) in [5.74, 6) is -2.56. The number of carboxylic acid groups (broad SMARTS) is 2. The summed E-state index contributed by atoms with van der Waals surface area (Å²) in [6, 6.07) is 0. The van der Waals surface area contributed by atoms with Crippen LogP contribution in [0.2, 0.25) is 0 Å². The number of aliphatic carboxylic acids is 2. The number of carboxylic acids is 2. The first kappa shape index (κ1) is 12.7. The summed E-state index contributed by atoms with van der Waals surface area (Å²) in [6.07, 6.45) is -0.584. The second-order valence-corrected chi connectivity index (χ2v) is 3.79. The summed E-state index contributed by atoms with van der Waals surface area (Å²) in [7, 11) is 0. The lowest BCUT2D eigenvalue weighted by Crippen LogP contribution is -2.22. The molecule has 1 unspecified atom stereocenters. The van der Waals surface area contributed by atoms with Crippen molar-refractivity contribution < 1.29 is 24.6 Å². The highest BCUT2D eigenvalue weighted by molar-refractivity contribution is 8.15. The molecule has 0 saturated carbocycles. The molecule has 0 spiro atoms. The van der Waals surface area contributed by atoms with E-state index in [2.05, 4.69) is 6.58 Å². The van der Waals surface area contributed by atoms with Crippen molar-refractivity contribution in [1.82, 2.24) is 0 Å². The van der Waals surface area contributed by atoms with Crippen LogP contribution in [0.1, 0.15) is 13.3 Å². The summed E-state index contributed by atoms with van der Waals surface area (Å²) in [6.45, 7) is 4.78.